The number of methoxy groups -OCH3 is 1. The summed E-state index contributed by atoms with van der Waals surface area (Å²) in [6.07, 6.45) is -5.20. The Bertz CT molecular complexity index is 1470. The molecule has 15 nitrogen and oxygen atoms in total. The highest BCUT2D eigenvalue weighted by atomic mass is 32.1. The second-order valence-electron chi connectivity index (χ2n) is 10.2. The number of rotatable bonds is 14. The molecule has 2 aromatic rings. The number of hydrogen-bond donors (Lipinski definition) is 2. The Morgan fingerprint density at radius 1 is 0.875 bits per heavy atom. The molecule has 1 heterocycles. The van der Waals surface area contributed by atoms with Gasteiger partial charge in [0, 0.05) is 34.2 Å². The molecule has 2 N–H and O–H groups in total. The zero-order valence-electron chi connectivity index (χ0n) is 27.4. The quantitative estimate of drug-likeness (QED) is 0.0971. The predicted molar refractivity (Wildman–Crippen MR) is 173 cm³/mol. The Labute approximate surface area is 283 Å². The van der Waals surface area contributed by atoms with Gasteiger partial charge in [-0.25, -0.2) is 0 Å². The second-order valence-corrected chi connectivity index (χ2v) is 10.6. The fraction of sp³-hybridized carbons (Fsp3) is 0.438. The maximum Gasteiger partial charge on any atom is 0.303 e. The van der Waals surface area contributed by atoms with E-state index in [0.29, 0.717) is 23.8 Å². The van der Waals surface area contributed by atoms with Gasteiger partial charge in [0.15, 0.2) is 28.8 Å². The topological polar surface area (TPSA) is 179 Å². The monoisotopic (exact) mass is 689 g/mol. The molecule has 1 aliphatic heterocycles. The van der Waals surface area contributed by atoms with E-state index in [2.05, 4.69) is 15.8 Å². The van der Waals surface area contributed by atoms with Crippen LogP contribution in [-0.4, -0.2) is 86.2 Å². The zero-order chi connectivity index (χ0) is 35.2. The Hall–Kier alpha value is -4.96. The largest absolute Gasteiger partial charge is 0.494 e. The van der Waals surface area contributed by atoms with Crippen LogP contribution in [0.5, 0.6) is 17.2 Å². The van der Waals surface area contributed by atoms with E-state index >= 15 is 0 Å². The van der Waals surface area contributed by atoms with Gasteiger partial charge in [-0.05, 0) is 60.6 Å². The minimum Gasteiger partial charge on any atom is -0.494 e. The highest BCUT2D eigenvalue weighted by molar-refractivity contribution is 7.80. The Balaban J connectivity index is 1.76. The van der Waals surface area contributed by atoms with Crippen molar-refractivity contribution in [1.29, 1.82) is 0 Å². The molecule has 0 spiro atoms. The Kier molecular flexibility index (Phi) is 14.4. The van der Waals surface area contributed by atoms with Crippen LogP contribution in [0.2, 0.25) is 0 Å². The number of benzene rings is 2. The van der Waals surface area contributed by atoms with Gasteiger partial charge in [0.05, 0.1) is 19.9 Å². The number of nitrogens with zero attached hydrogens (tertiary/aromatic N) is 1. The molecular weight excluding hydrogens is 650 g/mol. The van der Waals surface area contributed by atoms with Crippen molar-refractivity contribution in [1.82, 2.24) is 10.7 Å². The lowest BCUT2D eigenvalue weighted by Gasteiger charge is -2.44. The number of carbonyl (C=O) groups is 4. The first-order valence-corrected chi connectivity index (χ1v) is 15.2. The summed E-state index contributed by atoms with van der Waals surface area (Å²) in [7, 11) is 1.41. The van der Waals surface area contributed by atoms with Gasteiger partial charge in [-0.3, -0.25) is 24.6 Å². The first-order valence-electron chi connectivity index (χ1n) is 14.8. The maximum absolute atomic E-state index is 12.1. The summed E-state index contributed by atoms with van der Waals surface area (Å²) in [4.78, 5) is 47.8. The normalized spacial score (nSPS) is 20.2. The van der Waals surface area contributed by atoms with E-state index in [1.807, 2.05) is 31.2 Å². The summed E-state index contributed by atoms with van der Waals surface area (Å²) in [6.45, 7) is 7.18. The zero-order valence-corrected chi connectivity index (χ0v) is 28.2. The third-order valence-corrected chi connectivity index (χ3v) is 6.68. The van der Waals surface area contributed by atoms with Crippen LogP contribution in [0.15, 0.2) is 47.6 Å². The van der Waals surface area contributed by atoms with E-state index < -0.39 is 61.2 Å². The Morgan fingerprint density at radius 3 is 2.12 bits per heavy atom. The average Bonchev–Trinajstić information content (AvgIpc) is 3.02. The minimum absolute atomic E-state index is 0.149. The standard InChI is InChI=1S/C32H39N3O12S/c1-7-41-24-11-8-22(9-12-24)15-33-32(48)35-34-16-23-10-13-25(26(14-23)40-6)46-31-30(45-21(5)39)29(44-20(4)38)28(43-19(3)37)27(47-31)17-42-18(2)36/h8-14,16,27-31H,7,15,17H2,1-6H3,(H2,33,35,48)/b34-16+/t27-,28+,29+,30-,31?/m1/s1. The summed E-state index contributed by atoms with van der Waals surface area (Å²) >= 11 is 5.30. The van der Waals surface area contributed by atoms with Crippen molar-refractivity contribution >= 4 is 47.4 Å². The van der Waals surface area contributed by atoms with Crippen molar-refractivity contribution in [3.63, 3.8) is 0 Å². The van der Waals surface area contributed by atoms with Gasteiger partial charge in [0.1, 0.15) is 18.5 Å². The number of ether oxygens (including phenoxy) is 8. The van der Waals surface area contributed by atoms with E-state index in [0.717, 1.165) is 32.1 Å². The van der Waals surface area contributed by atoms with Gasteiger partial charge < -0.3 is 43.2 Å². The van der Waals surface area contributed by atoms with Crippen molar-refractivity contribution in [2.45, 2.75) is 71.9 Å². The second kappa shape index (κ2) is 18.4. The highest BCUT2D eigenvalue weighted by Gasteiger charge is 2.53. The third kappa shape index (κ3) is 11.7. The van der Waals surface area contributed by atoms with E-state index in [-0.39, 0.29) is 11.5 Å². The number of hydrogen-bond acceptors (Lipinski definition) is 14. The van der Waals surface area contributed by atoms with E-state index in [1.54, 1.807) is 18.2 Å². The van der Waals surface area contributed by atoms with Gasteiger partial charge in [-0.1, -0.05) is 12.1 Å². The van der Waals surface area contributed by atoms with Gasteiger partial charge in [-0.15, -0.1) is 0 Å². The summed E-state index contributed by atoms with van der Waals surface area (Å²) in [6, 6.07) is 12.4. The molecule has 5 atom stereocenters. The van der Waals surface area contributed by atoms with Crippen molar-refractivity contribution in [2.24, 2.45) is 5.10 Å². The number of nitrogens with one attached hydrogen (secondary N) is 2. The molecule has 0 aromatic heterocycles. The van der Waals surface area contributed by atoms with Crippen LogP contribution in [0.25, 0.3) is 0 Å². The van der Waals surface area contributed by atoms with Crippen molar-refractivity contribution in [3.8, 4) is 17.2 Å². The molecule has 16 heteroatoms. The smallest absolute Gasteiger partial charge is 0.303 e. The number of esters is 4. The summed E-state index contributed by atoms with van der Waals surface area (Å²) in [5, 5.41) is 7.53. The van der Waals surface area contributed by atoms with Gasteiger partial charge in [0.25, 0.3) is 0 Å². The van der Waals surface area contributed by atoms with Crippen LogP contribution < -0.4 is 25.0 Å². The van der Waals surface area contributed by atoms with Gasteiger partial charge in [-0.2, -0.15) is 5.10 Å². The SMILES string of the molecule is CCOc1ccc(CNC(=S)N/N=C/c2ccc(OC3O[C@H](COC(C)=O)[C@H](OC(C)=O)[C@H](OC(C)=O)[C@H]3OC(C)=O)c(OC)c2)cc1. The molecule has 1 saturated heterocycles. The molecule has 0 radical (unpaired) electrons. The number of carbonyl (C=O) groups excluding carboxylic acids is 4. The van der Waals surface area contributed by atoms with E-state index in [4.69, 9.17) is 50.1 Å². The molecule has 2 aromatic carbocycles. The molecule has 260 valence electrons. The minimum atomic E-state index is -1.43. The summed E-state index contributed by atoms with van der Waals surface area (Å²) in [5.74, 6) is -1.72. The van der Waals surface area contributed by atoms with Crippen LogP contribution in [0.4, 0.5) is 0 Å². The van der Waals surface area contributed by atoms with Crippen LogP contribution in [-0.2, 0) is 49.4 Å². The average molecular weight is 690 g/mol. The molecule has 0 bridgehead atoms. The molecule has 3 rings (SSSR count). The summed E-state index contributed by atoms with van der Waals surface area (Å²) in [5.41, 5.74) is 4.35. The molecule has 0 amide bonds. The maximum atomic E-state index is 12.1. The van der Waals surface area contributed by atoms with Crippen LogP contribution in [0.3, 0.4) is 0 Å². The first kappa shape index (κ1) is 37.5. The molecule has 0 saturated carbocycles. The van der Waals surface area contributed by atoms with Gasteiger partial charge >= 0.3 is 23.9 Å². The number of thiocarbonyl (C=S) groups is 1. The lowest BCUT2D eigenvalue weighted by atomic mass is 9.98. The lowest BCUT2D eigenvalue weighted by molar-refractivity contribution is -0.288. The third-order valence-electron chi connectivity index (χ3n) is 6.45. The first-order chi connectivity index (χ1) is 22.9. The number of hydrazone groups is 1. The van der Waals surface area contributed by atoms with Gasteiger partial charge in [0.2, 0.25) is 12.4 Å². The van der Waals surface area contributed by atoms with E-state index in [9.17, 15) is 19.2 Å². The Morgan fingerprint density at radius 2 is 1.52 bits per heavy atom. The van der Waals surface area contributed by atoms with Crippen LogP contribution in [0, 0.1) is 0 Å². The fourth-order valence-corrected chi connectivity index (χ4v) is 4.65. The molecule has 1 aliphatic rings. The van der Waals surface area contributed by atoms with Crippen molar-refractivity contribution < 1.29 is 57.1 Å². The lowest BCUT2D eigenvalue weighted by Crippen LogP contribution is -2.63. The predicted octanol–water partition coefficient (Wildman–Crippen LogP) is 2.55. The molecule has 0 aliphatic carbocycles. The van der Waals surface area contributed by atoms with Crippen LogP contribution in [0.1, 0.15) is 45.7 Å². The fourth-order valence-electron chi connectivity index (χ4n) is 4.53. The molecule has 1 fully saturated rings. The molecule has 48 heavy (non-hydrogen) atoms. The molecule has 1 unspecified atom stereocenters. The van der Waals surface area contributed by atoms with Crippen molar-refractivity contribution in [2.75, 3.05) is 20.3 Å². The van der Waals surface area contributed by atoms with Crippen LogP contribution >= 0.6 is 12.2 Å². The molecular formula is C32H39N3O12S. The van der Waals surface area contributed by atoms with Crippen molar-refractivity contribution in [3.05, 3.63) is 53.6 Å². The summed E-state index contributed by atoms with van der Waals surface area (Å²) < 4.78 is 44.4. The highest BCUT2D eigenvalue weighted by Crippen LogP contribution is 2.34. The van der Waals surface area contributed by atoms with E-state index in [1.165, 1.54) is 20.2 Å².